The first-order valence-electron chi connectivity index (χ1n) is 4.99. The van der Waals surface area contributed by atoms with Crippen LogP contribution in [0.15, 0.2) is 24.3 Å². The lowest BCUT2D eigenvalue weighted by Gasteiger charge is -2.01. The highest BCUT2D eigenvalue weighted by Gasteiger charge is 2.11. The fourth-order valence-corrected chi connectivity index (χ4v) is 1.74. The second-order valence-corrected chi connectivity index (χ2v) is 5.08. The molecule has 1 N–H and O–H groups in total. The summed E-state index contributed by atoms with van der Waals surface area (Å²) in [6.45, 7) is 2.01. The van der Waals surface area contributed by atoms with Crippen molar-refractivity contribution in [3.63, 3.8) is 0 Å². The number of carbonyl (C=O) groups excluding carboxylic acids is 1. The lowest BCUT2D eigenvalue weighted by Crippen LogP contribution is -2.10. The molecule has 0 spiro atoms. The Morgan fingerprint density at radius 2 is 1.81 bits per heavy atom. The van der Waals surface area contributed by atoms with Crippen molar-refractivity contribution >= 4 is 15.9 Å². The number of hydrogen-bond donors (Lipinski definition) is 1. The number of Topliss-reactive ketones (excluding diaryl/α,β-unsaturated/α-hetero) is 1. The topological polar surface area (TPSA) is 71.4 Å². The Balaban J connectivity index is 2.66. The molecule has 0 bridgehead atoms. The Bertz CT molecular complexity index is 459. The summed E-state index contributed by atoms with van der Waals surface area (Å²) in [5.74, 6) is -0.804. The van der Waals surface area contributed by atoms with Crippen LogP contribution in [-0.2, 0) is 16.5 Å². The SMILES string of the molecule is CCc1ccc(C(=O)CCS(=O)(=O)O)cc1. The molecule has 0 saturated heterocycles. The van der Waals surface area contributed by atoms with Gasteiger partial charge in [-0.05, 0) is 12.0 Å². The van der Waals surface area contributed by atoms with Crippen molar-refractivity contribution in [1.29, 1.82) is 0 Å². The van der Waals surface area contributed by atoms with Crippen LogP contribution < -0.4 is 0 Å². The van der Waals surface area contributed by atoms with Crippen LogP contribution in [0.2, 0.25) is 0 Å². The van der Waals surface area contributed by atoms with E-state index in [1.807, 2.05) is 19.1 Å². The van der Waals surface area contributed by atoms with Gasteiger partial charge in [-0.15, -0.1) is 0 Å². The Labute approximate surface area is 95.0 Å². The van der Waals surface area contributed by atoms with Crippen molar-refractivity contribution in [2.24, 2.45) is 0 Å². The first kappa shape index (κ1) is 12.9. The highest BCUT2D eigenvalue weighted by atomic mass is 32.2. The number of hydrogen-bond acceptors (Lipinski definition) is 3. The van der Waals surface area contributed by atoms with E-state index >= 15 is 0 Å². The third kappa shape index (κ3) is 4.12. The first-order chi connectivity index (χ1) is 7.42. The molecule has 0 radical (unpaired) electrons. The van der Waals surface area contributed by atoms with Crippen LogP contribution in [0.4, 0.5) is 0 Å². The number of benzene rings is 1. The maximum Gasteiger partial charge on any atom is 0.265 e. The van der Waals surface area contributed by atoms with Gasteiger partial charge in [-0.25, -0.2) is 0 Å². The van der Waals surface area contributed by atoms with E-state index in [0.717, 1.165) is 12.0 Å². The van der Waals surface area contributed by atoms with Crippen LogP contribution >= 0.6 is 0 Å². The van der Waals surface area contributed by atoms with Gasteiger partial charge in [0.15, 0.2) is 5.78 Å². The third-order valence-electron chi connectivity index (χ3n) is 2.27. The van der Waals surface area contributed by atoms with Crippen molar-refractivity contribution in [1.82, 2.24) is 0 Å². The van der Waals surface area contributed by atoms with Crippen molar-refractivity contribution in [2.75, 3.05) is 5.75 Å². The van der Waals surface area contributed by atoms with Crippen molar-refractivity contribution in [3.8, 4) is 0 Å². The van der Waals surface area contributed by atoms with E-state index in [1.54, 1.807) is 12.1 Å². The number of rotatable bonds is 5. The van der Waals surface area contributed by atoms with Crippen LogP contribution in [0.5, 0.6) is 0 Å². The molecule has 5 heteroatoms. The molecule has 0 amide bonds. The normalized spacial score (nSPS) is 11.4. The lowest BCUT2D eigenvalue weighted by atomic mass is 10.1. The predicted octanol–water partition coefficient (Wildman–Crippen LogP) is 1.71. The standard InChI is InChI=1S/C11H14O4S/c1-2-9-3-5-10(6-4-9)11(12)7-8-16(13,14)15/h3-6H,2,7-8H2,1H3,(H,13,14,15). The molecular weight excluding hydrogens is 228 g/mol. The maximum atomic E-state index is 11.5. The molecule has 4 nitrogen and oxygen atoms in total. The van der Waals surface area contributed by atoms with Gasteiger partial charge in [-0.1, -0.05) is 31.2 Å². The Morgan fingerprint density at radius 1 is 1.25 bits per heavy atom. The largest absolute Gasteiger partial charge is 0.294 e. The van der Waals surface area contributed by atoms with Crippen molar-refractivity contribution in [3.05, 3.63) is 35.4 Å². The fourth-order valence-electron chi connectivity index (χ4n) is 1.29. The van der Waals surface area contributed by atoms with Gasteiger partial charge in [-0.2, -0.15) is 8.42 Å². The molecule has 0 saturated carbocycles. The minimum atomic E-state index is -4.06. The monoisotopic (exact) mass is 242 g/mol. The molecule has 0 aliphatic carbocycles. The molecule has 0 aliphatic heterocycles. The molecular formula is C11H14O4S. The third-order valence-corrected chi connectivity index (χ3v) is 2.99. The Hall–Kier alpha value is -1.20. The van der Waals surface area contributed by atoms with E-state index in [4.69, 9.17) is 4.55 Å². The van der Waals surface area contributed by atoms with Crippen molar-refractivity contribution < 1.29 is 17.8 Å². The zero-order valence-electron chi connectivity index (χ0n) is 9.01. The highest BCUT2D eigenvalue weighted by molar-refractivity contribution is 7.85. The van der Waals surface area contributed by atoms with E-state index in [1.165, 1.54) is 0 Å². The average Bonchev–Trinajstić information content (AvgIpc) is 2.25. The highest BCUT2D eigenvalue weighted by Crippen LogP contribution is 2.08. The zero-order valence-corrected chi connectivity index (χ0v) is 9.83. The van der Waals surface area contributed by atoms with Gasteiger partial charge in [0.25, 0.3) is 10.1 Å². The van der Waals surface area contributed by atoms with E-state index in [2.05, 4.69) is 0 Å². The number of carbonyl (C=O) groups is 1. The van der Waals surface area contributed by atoms with Crippen molar-refractivity contribution in [2.45, 2.75) is 19.8 Å². The van der Waals surface area contributed by atoms with Crippen LogP contribution in [0.25, 0.3) is 0 Å². The van der Waals surface area contributed by atoms with Gasteiger partial charge in [0, 0.05) is 12.0 Å². The summed E-state index contributed by atoms with van der Waals surface area (Å²) in [5, 5.41) is 0. The average molecular weight is 242 g/mol. The zero-order chi connectivity index (χ0) is 12.2. The molecule has 0 fully saturated rings. The van der Waals surface area contributed by atoms with Gasteiger partial charge in [0.1, 0.15) is 0 Å². The molecule has 0 aliphatic rings. The Morgan fingerprint density at radius 3 is 2.25 bits per heavy atom. The predicted molar refractivity (Wildman–Crippen MR) is 61.2 cm³/mol. The smallest absolute Gasteiger partial charge is 0.265 e. The van der Waals surface area contributed by atoms with Gasteiger partial charge in [0.05, 0.1) is 5.75 Å². The van der Waals surface area contributed by atoms with E-state index in [9.17, 15) is 13.2 Å². The van der Waals surface area contributed by atoms with E-state index in [0.29, 0.717) is 5.56 Å². The molecule has 0 atom stereocenters. The van der Waals surface area contributed by atoms with Gasteiger partial charge in [-0.3, -0.25) is 9.35 Å². The summed E-state index contributed by atoms with van der Waals surface area (Å²) in [6.07, 6.45) is 0.698. The molecule has 0 aromatic heterocycles. The number of aryl methyl sites for hydroxylation is 1. The summed E-state index contributed by atoms with van der Waals surface area (Å²) in [4.78, 5) is 11.5. The summed E-state index contributed by atoms with van der Waals surface area (Å²) < 4.78 is 29.5. The van der Waals surface area contributed by atoms with Gasteiger partial charge in [0.2, 0.25) is 0 Å². The minimum absolute atomic E-state index is 0.190. The minimum Gasteiger partial charge on any atom is -0.294 e. The Kier molecular flexibility index (Phi) is 4.20. The summed E-state index contributed by atoms with van der Waals surface area (Å²) >= 11 is 0. The molecule has 1 aromatic carbocycles. The second kappa shape index (κ2) is 5.23. The second-order valence-electron chi connectivity index (χ2n) is 3.51. The van der Waals surface area contributed by atoms with Crippen LogP contribution in [0.1, 0.15) is 29.3 Å². The van der Waals surface area contributed by atoms with E-state index in [-0.39, 0.29) is 12.2 Å². The molecule has 0 heterocycles. The molecule has 88 valence electrons. The van der Waals surface area contributed by atoms with Crippen LogP contribution in [0, 0.1) is 0 Å². The summed E-state index contributed by atoms with van der Waals surface area (Å²) in [5.41, 5.74) is 1.59. The van der Waals surface area contributed by atoms with Crippen LogP contribution in [-0.4, -0.2) is 24.5 Å². The van der Waals surface area contributed by atoms with E-state index < -0.39 is 15.9 Å². The van der Waals surface area contributed by atoms with Gasteiger partial charge >= 0.3 is 0 Å². The molecule has 1 aromatic rings. The molecule has 16 heavy (non-hydrogen) atoms. The summed E-state index contributed by atoms with van der Waals surface area (Å²) in [7, 11) is -4.06. The molecule has 1 rings (SSSR count). The molecule has 0 unspecified atom stereocenters. The summed E-state index contributed by atoms with van der Waals surface area (Å²) in [6, 6.07) is 7.01. The maximum absolute atomic E-state index is 11.5. The quantitative estimate of drug-likeness (QED) is 0.630. The van der Waals surface area contributed by atoms with Crippen LogP contribution in [0.3, 0.4) is 0 Å². The lowest BCUT2D eigenvalue weighted by molar-refractivity contribution is 0.0988. The number of ketones is 1. The fraction of sp³-hybridized carbons (Fsp3) is 0.364. The first-order valence-corrected chi connectivity index (χ1v) is 6.60. The van der Waals surface area contributed by atoms with Gasteiger partial charge < -0.3 is 0 Å².